The van der Waals surface area contributed by atoms with E-state index in [0.29, 0.717) is 18.2 Å². The second-order valence-corrected chi connectivity index (χ2v) is 10.2. The molecule has 43 heavy (non-hydrogen) atoms. The Balaban J connectivity index is 0.000000392. The molecule has 3 heterocycles. The van der Waals surface area contributed by atoms with E-state index in [9.17, 15) is 18.8 Å². The van der Waals surface area contributed by atoms with E-state index >= 15 is 0 Å². The number of carbonyl (C=O) groups excluding carboxylic acids is 3. The Labute approximate surface area is 254 Å². The number of nitrogens with two attached hydrogens (primary N) is 1. The Morgan fingerprint density at radius 3 is 2.44 bits per heavy atom. The first-order chi connectivity index (χ1) is 20.2. The first-order valence-corrected chi connectivity index (χ1v) is 13.8. The molecule has 13 nitrogen and oxygen atoms in total. The molecule has 2 fully saturated rings. The number of nitrogens with zero attached hydrogens (tertiary/aromatic N) is 5. The van der Waals surface area contributed by atoms with Crippen molar-refractivity contribution >= 4 is 36.0 Å². The van der Waals surface area contributed by atoms with E-state index in [-0.39, 0.29) is 59.7 Å². The van der Waals surface area contributed by atoms with Crippen molar-refractivity contribution in [3.63, 3.8) is 0 Å². The summed E-state index contributed by atoms with van der Waals surface area (Å²) >= 11 is 0. The molecule has 0 bridgehead atoms. The van der Waals surface area contributed by atoms with E-state index in [1.807, 2.05) is 0 Å². The number of ether oxygens (including phenoxy) is 2. The lowest BCUT2D eigenvalue weighted by Crippen LogP contribution is -2.40. The Bertz CT molecular complexity index is 1360. The molecule has 0 aliphatic heterocycles. The number of aromatic nitrogens is 5. The van der Waals surface area contributed by atoms with Crippen LogP contribution in [0, 0.1) is 17.7 Å². The minimum Gasteiger partial charge on any atom is -0.477 e. The van der Waals surface area contributed by atoms with Crippen LogP contribution in [0.4, 0.5) is 10.2 Å². The van der Waals surface area contributed by atoms with E-state index in [0.717, 1.165) is 44.7 Å². The number of pyridine rings is 2. The summed E-state index contributed by atoms with van der Waals surface area (Å²) in [6.07, 6.45) is 9.60. The molecule has 3 aromatic heterocycles. The summed E-state index contributed by atoms with van der Waals surface area (Å²) in [7, 11) is 1.41. The summed E-state index contributed by atoms with van der Waals surface area (Å²) in [5, 5.41) is 13.8. The van der Waals surface area contributed by atoms with Crippen molar-refractivity contribution in [3.05, 3.63) is 54.4 Å². The molecule has 2 aliphatic carbocycles. The molecule has 0 aromatic carbocycles. The van der Waals surface area contributed by atoms with Gasteiger partial charge in [0.2, 0.25) is 11.8 Å². The van der Waals surface area contributed by atoms with Crippen LogP contribution < -0.4 is 21.1 Å². The lowest BCUT2D eigenvalue weighted by atomic mass is 10.0. The molecular formula is C28H36ClFN8O5. The zero-order valence-corrected chi connectivity index (χ0v) is 24.8. The molecule has 4 atom stereocenters. The fourth-order valence-electron chi connectivity index (χ4n) is 5.11. The summed E-state index contributed by atoms with van der Waals surface area (Å²) in [6, 6.07) is 5.87. The highest BCUT2D eigenvalue weighted by Gasteiger charge is 2.32. The van der Waals surface area contributed by atoms with Gasteiger partial charge < -0.3 is 25.8 Å². The number of amides is 2. The highest BCUT2D eigenvalue weighted by Crippen LogP contribution is 2.27. The van der Waals surface area contributed by atoms with E-state index in [1.165, 1.54) is 43.4 Å². The van der Waals surface area contributed by atoms with Gasteiger partial charge in [0.1, 0.15) is 17.3 Å². The van der Waals surface area contributed by atoms with Crippen LogP contribution >= 0.6 is 12.4 Å². The molecule has 2 saturated carbocycles. The minimum atomic E-state index is -0.431. The summed E-state index contributed by atoms with van der Waals surface area (Å²) in [5.74, 6) is -0.657. The van der Waals surface area contributed by atoms with Crippen LogP contribution in [0.5, 0.6) is 5.88 Å². The number of anilines is 1. The van der Waals surface area contributed by atoms with Gasteiger partial charge in [0.25, 0.3) is 5.91 Å². The normalized spacial score (nSPS) is 20.7. The van der Waals surface area contributed by atoms with Gasteiger partial charge >= 0.3 is 5.97 Å². The number of methoxy groups -OCH3 is 1. The van der Waals surface area contributed by atoms with Gasteiger partial charge in [0.05, 0.1) is 38.2 Å². The van der Waals surface area contributed by atoms with Crippen LogP contribution in [0.1, 0.15) is 55.9 Å². The summed E-state index contributed by atoms with van der Waals surface area (Å²) in [4.78, 5) is 45.0. The standard InChI is InChI=1S/C21H22FN7O3.C7H13NO2.ClH/c1-13(30)26-18-7-6-17(29-24-9-10-25-29)20(28-18)21(31)27-16-4-2-3-14(16)12-32-19-8-5-15(22)11-23-19;1-10-7(9)5-3-2-4-6(5)8;/h5-11,14,16H,2-4,12H2,1H3,(H,27,31)(H,26,28,30);5-6H,2-4,8H2,1H3;1H/t14-,16+;5-,6-;/m10./s1. The molecule has 232 valence electrons. The number of carbonyl (C=O) groups is 3. The first-order valence-electron chi connectivity index (χ1n) is 13.8. The van der Waals surface area contributed by atoms with E-state index < -0.39 is 11.7 Å². The van der Waals surface area contributed by atoms with E-state index in [1.54, 1.807) is 12.1 Å². The maximum absolute atomic E-state index is 13.2. The van der Waals surface area contributed by atoms with E-state index in [2.05, 4.69) is 35.5 Å². The second-order valence-electron chi connectivity index (χ2n) is 10.2. The van der Waals surface area contributed by atoms with Crippen molar-refractivity contribution < 1.29 is 28.2 Å². The zero-order valence-electron chi connectivity index (χ0n) is 23.9. The zero-order chi connectivity index (χ0) is 30.1. The van der Waals surface area contributed by atoms with Crippen molar-refractivity contribution in [2.24, 2.45) is 17.6 Å². The lowest BCUT2D eigenvalue weighted by Gasteiger charge is -2.21. The number of nitrogens with one attached hydrogen (secondary N) is 2. The van der Waals surface area contributed by atoms with Crippen LogP contribution in [0.3, 0.4) is 0 Å². The van der Waals surface area contributed by atoms with E-state index in [4.69, 9.17) is 10.5 Å². The van der Waals surface area contributed by atoms with Crippen molar-refractivity contribution in [2.75, 3.05) is 19.0 Å². The molecule has 15 heteroatoms. The maximum Gasteiger partial charge on any atom is 0.310 e. The minimum absolute atomic E-state index is 0. The Morgan fingerprint density at radius 2 is 1.81 bits per heavy atom. The van der Waals surface area contributed by atoms with Gasteiger partial charge in [0.15, 0.2) is 5.69 Å². The lowest BCUT2D eigenvalue weighted by molar-refractivity contribution is -0.145. The largest absolute Gasteiger partial charge is 0.477 e. The third-order valence-corrected chi connectivity index (χ3v) is 7.22. The summed E-state index contributed by atoms with van der Waals surface area (Å²) < 4.78 is 23.3. The predicted molar refractivity (Wildman–Crippen MR) is 156 cm³/mol. The molecule has 0 radical (unpaired) electrons. The first kappa shape index (κ1) is 33.3. The van der Waals surface area contributed by atoms with Crippen LogP contribution in [-0.2, 0) is 14.3 Å². The SMILES string of the molecule is CC(=O)Nc1ccc(-n2nccn2)c(C(=O)N[C@H]2CCC[C@@H]2COc2ccc(F)cn2)n1.COC(=O)[C@H]1CCC[C@@H]1N.Cl. The number of esters is 1. The average molecular weight is 619 g/mol. The van der Waals surface area contributed by atoms with Gasteiger partial charge in [-0.25, -0.2) is 14.4 Å². The Kier molecular flexibility index (Phi) is 12.3. The average Bonchev–Trinajstić information content (AvgIpc) is 3.75. The van der Waals surface area contributed by atoms with Crippen LogP contribution in [-0.4, -0.2) is 68.5 Å². The highest BCUT2D eigenvalue weighted by atomic mass is 35.5. The van der Waals surface area contributed by atoms with Gasteiger partial charge in [-0.3, -0.25) is 14.4 Å². The van der Waals surface area contributed by atoms with Gasteiger partial charge in [-0.15, -0.1) is 17.2 Å². The number of halogens is 2. The molecule has 0 spiro atoms. The highest BCUT2D eigenvalue weighted by molar-refractivity contribution is 5.97. The summed E-state index contributed by atoms with van der Waals surface area (Å²) in [5.41, 5.74) is 6.14. The molecule has 2 aliphatic rings. The third-order valence-electron chi connectivity index (χ3n) is 7.22. The number of hydrogen-bond donors (Lipinski definition) is 3. The molecule has 4 N–H and O–H groups in total. The number of rotatable bonds is 8. The molecular weight excluding hydrogens is 583 g/mol. The topological polar surface area (TPSA) is 176 Å². The Morgan fingerprint density at radius 1 is 1.07 bits per heavy atom. The second kappa shape index (κ2) is 15.9. The van der Waals surface area contributed by atoms with Crippen molar-refractivity contribution in [1.29, 1.82) is 0 Å². The molecule has 0 saturated heterocycles. The van der Waals surface area contributed by atoms with Gasteiger partial charge in [-0.2, -0.15) is 10.2 Å². The van der Waals surface area contributed by atoms with Crippen molar-refractivity contribution in [3.8, 4) is 11.6 Å². The quantitative estimate of drug-likeness (QED) is 0.318. The fourth-order valence-corrected chi connectivity index (χ4v) is 5.11. The number of hydrogen-bond acceptors (Lipinski definition) is 10. The predicted octanol–water partition coefficient (Wildman–Crippen LogP) is 2.84. The molecule has 3 aromatic rings. The smallest absolute Gasteiger partial charge is 0.310 e. The fraction of sp³-hybridized carbons (Fsp3) is 0.464. The molecule has 2 amide bonds. The maximum atomic E-state index is 13.2. The van der Waals surface area contributed by atoms with Crippen LogP contribution in [0.2, 0.25) is 0 Å². The van der Waals surface area contributed by atoms with Gasteiger partial charge in [0, 0.05) is 31.0 Å². The van der Waals surface area contributed by atoms with Gasteiger partial charge in [-0.05, 0) is 43.9 Å². The van der Waals surface area contributed by atoms with Crippen molar-refractivity contribution in [2.45, 2.75) is 57.5 Å². The monoisotopic (exact) mass is 618 g/mol. The van der Waals surface area contributed by atoms with Crippen LogP contribution in [0.25, 0.3) is 5.69 Å². The molecule has 0 unspecified atom stereocenters. The third kappa shape index (κ3) is 9.16. The van der Waals surface area contributed by atoms with Crippen molar-refractivity contribution in [1.82, 2.24) is 30.3 Å². The summed E-state index contributed by atoms with van der Waals surface area (Å²) in [6.45, 7) is 1.71. The Hall–Kier alpha value is -4.17. The molecule has 5 rings (SSSR count). The van der Waals surface area contributed by atoms with Crippen LogP contribution in [0.15, 0.2) is 42.9 Å². The van der Waals surface area contributed by atoms with Gasteiger partial charge in [-0.1, -0.05) is 12.8 Å².